The van der Waals surface area contributed by atoms with Crippen molar-refractivity contribution >= 4 is 28.4 Å². The zero-order valence-corrected chi connectivity index (χ0v) is 14.0. The van der Waals surface area contributed by atoms with Gasteiger partial charge in [0.1, 0.15) is 0 Å². The van der Waals surface area contributed by atoms with E-state index in [1.54, 1.807) is 0 Å². The second-order valence-electron chi connectivity index (χ2n) is 5.56. The number of likely N-dealkylation sites (N-methyl/N-ethyl adjacent to an activating group) is 1. The molecule has 0 saturated heterocycles. The highest BCUT2D eigenvalue weighted by molar-refractivity contribution is 7.15. The third kappa shape index (κ3) is 4.67. The lowest BCUT2D eigenvalue weighted by atomic mass is 10.2. The Kier molecular flexibility index (Phi) is 5.73. The molecule has 0 fully saturated rings. The summed E-state index contributed by atoms with van der Waals surface area (Å²) < 4.78 is 0. The normalized spacial score (nSPS) is 14.5. The first kappa shape index (κ1) is 16.7. The SMILES string of the molecule is CCNC(=O)CN1CCc2nc(NC(=O)NC(C)C)sc2C1. The first-order chi connectivity index (χ1) is 10.5. The summed E-state index contributed by atoms with van der Waals surface area (Å²) in [7, 11) is 0. The summed E-state index contributed by atoms with van der Waals surface area (Å²) in [6, 6.07) is -0.151. The van der Waals surface area contributed by atoms with Gasteiger partial charge in [-0.1, -0.05) is 0 Å². The Labute approximate surface area is 134 Å². The van der Waals surface area contributed by atoms with E-state index >= 15 is 0 Å². The molecule has 0 aromatic carbocycles. The molecular formula is C14H23N5O2S. The van der Waals surface area contributed by atoms with E-state index in [-0.39, 0.29) is 18.0 Å². The summed E-state index contributed by atoms with van der Waals surface area (Å²) >= 11 is 1.48. The van der Waals surface area contributed by atoms with E-state index in [0.29, 0.717) is 24.8 Å². The average molecular weight is 325 g/mol. The molecule has 0 bridgehead atoms. The standard InChI is InChI=1S/C14H23N5O2S/c1-4-15-12(20)8-19-6-5-10-11(7-19)22-14(17-10)18-13(21)16-9(2)3/h9H,4-8H2,1-3H3,(H,15,20)(H2,16,17,18,21). The van der Waals surface area contributed by atoms with Crippen molar-refractivity contribution < 1.29 is 9.59 Å². The van der Waals surface area contributed by atoms with Crippen molar-refractivity contribution in [1.82, 2.24) is 20.5 Å². The van der Waals surface area contributed by atoms with E-state index in [0.717, 1.165) is 23.5 Å². The van der Waals surface area contributed by atoms with Crippen LogP contribution in [0.15, 0.2) is 0 Å². The lowest BCUT2D eigenvalue weighted by Gasteiger charge is -2.24. The van der Waals surface area contributed by atoms with Gasteiger partial charge >= 0.3 is 6.03 Å². The number of hydrogen-bond acceptors (Lipinski definition) is 5. The number of hydrogen-bond donors (Lipinski definition) is 3. The third-order valence-corrected chi connectivity index (χ3v) is 4.19. The highest BCUT2D eigenvalue weighted by Crippen LogP contribution is 2.28. The van der Waals surface area contributed by atoms with Crippen LogP contribution in [0.25, 0.3) is 0 Å². The number of thiazole rings is 1. The monoisotopic (exact) mass is 325 g/mol. The molecule has 7 nitrogen and oxygen atoms in total. The molecule has 2 rings (SSSR count). The van der Waals surface area contributed by atoms with Gasteiger partial charge < -0.3 is 10.6 Å². The van der Waals surface area contributed by atoms with Gasteiger partial charge in [-0.15, -0.1) is 11.3 Å². The molecule has 22 heavy (non-hydrogen) atoms. The van der Waals surface area contributed by atoms with E-state index in [4.69, 9.17) is 0 Å². The zero-order chi connectivity index (χ0) is 16.1. The van der Waals surface area contributed by atoms with Crippen molar-refractivity contribution in [2.45, 2.75) is 39.8 Å². The molecule has 122 valence electrons. The summed E-state index contributed by atoms with van der Waals surface area (Å²) in [6.07, 6.45) is 0.804. The number of carbonyl (C=O) groups excluding carboxylic acids is 2. The molecule has 0 spiro atoms. The van der Waals surface area contributed by atoms with Crippen molar-refractivity contribution in [3.63, 3.8) is 0 Å². The second-order valence-corrected chi connectivity index (χ2v) is 6.64. The zero-order valence-electron chi connectivity index (χ0n) is 13.2. The van der Waals surface area contributed by atoms with Crippen LogP contribution in [0.3, 0.4) is 0 Å². The van der Waals surface area contributed by atoms with Crippen molar-refractivity contribution in [2.75, 3.05) is 25.0 Å². The largest absolute Gasteiger partial charge is 0.355 e. The van der Waals surface area contributed by atoms with E-state index < -0.39 is 0 Å². The molecule has 0 saturated carbocycles. The van der Waals surface area contributed by atoms with Gasteiger partial charge in [0, 0.05) is 37.0 Å². The Morgan fingerprint density at radius 2 is 2.18 bits per heavy atom. The number of aromatic nitrogens is 1. The number of nitrogens with zero attached hydrogens (tertiary/aromatic N) is 2. The van der Waals surface area contributed by atoms with E-state index in [2.05, 4.69) is 25.8 Å². The quantitative estimate of drug-likeness (QED) is 0.758. The maximum atomic E-state index is 11.7. The topological polar surface area (TPSA) is 86.4 Å². The summed E-state index contributed by atoms with van der Waals surface area (Å²) in [4.78, 5) is 31.0. The number of amides is 3. The van der Waals surface area contributed by atoms with Crippen molar-refractivity contribution in [3.8, 4) is 0 Å². The molecule has 1 aromatic heterocycles. The average Bonchev–Trinajstić information content (AvgIpc) is 2.79. The molecule has 0 atom stereocenters. The fraction of sp³-hybridized carbons (Fsp3) is 0.643. The molecule has 3 amide bonds. The maximum absolute atomic E-state index is 11.7. The van der Waals surface area contributed by atoms with Crippen LogP contribution < -0.4 is 16.0 Å². The van der Waals surface area contributed by atoms with E-state index in [1.807, 2.05) is 20.8 Å². The highest BCUT2D eigenvalue weighted by Gasteiger charge is 2.22. The minimum absolute atomic E-state index is 0.0464. The van der Waals surface area contributed by atoms with Crippen LogP contribution in [-0.4, -0.2) is 47.5 Å². The molecule has 0 radical (unpaired) electrons. The van der Waals surface area contributed by atoms with Crippen LogP contribution in [0.2, 0.25) is 0 Å². The van der Waals surface area contributed by atoms with E-state index in [9.17, 15) is 9.59 Å². The number of urea groups is 1. The van der Waals surface area contributed by atoms with E-state index in [1.165, 1.54) is 11.3 Å². The summed E-state index contributed by atoms with van der Waals surface area (Å²) in [5.74, 6) is 0.0464. The second kappa shape index (κ2) is 7.55. The van der Waals surface area contributed by atoms with Gasteiger partial charge in [-0.3, -0.25) is 15.0 Å². The van der Waals surface area contributed by atoms with Crippen LogP contribution >= 0.6 is 11.3 Å². The third-order valence-electron chi connectivity index (χ3n) is 3.19. The molecule has 8 heteroatoms. The molecule has 1 aliphatic rings. The highest BCUT2D eigenvalue weighted by atomic mass is 32.1. The van der Waals surface area contributed by atoms with Gasteiger partial charge in [0.2, 0.25) is 5.91 Å². The smallest absolute Gasteiger partial charge is 0.321 e. The Balaban J connectivity index is 1.92. The lowest BCUT2D eigenvalue weighted by molar-refractivity contribution is -0.122. The molecule has 3 N–H and O–H groups in total. The van der Waals surface area contributed by atoms with Gasteiger partial charge in [0.25, 0.3) is 0 Å². The van der Waals surface area contributed by atoms with Crippen LogP contribution in [0.1, 0.15) is 31.3 Å². The summed E-state index contributed by atoms with van der Waals surface area (Å²) in [5, 5.41) is 8.96. The van der Waals surface area contributed by atoms with Gasteiger partial charge in [-0.25, -0.2) is 9.78 Å². The summed E-state index contributed by atoms with van der Waals surface area (Å²) in [5.41, 5.74) is 1.02. The van der Waals surface area contributed by atoms with Crippen molar-refractivity contribution in [3.05, 3.63) is 10.6 Å². The van der Waals surface area contributed by atoms with Gasteiger partial charge in [0.05, 0.1) is 12.2 Å². The number of anilines is 1. The predicted octanol–water partition coefficient (Wildman–Crippen LogP) is 1.17. The van der Waals surface area contributed by atoms with Crippen LogP contribution in [-0.2, 0) is 17.8 Å². The molecule has 1 aromatic rings. The number of nitrogens with one attached hydrogen (secondary N) is 3. The van der Waals surface area contributed by atoms with Crippen LogP contribution in [0.4, 0.5) is 9.93 Å². The number of fused-ring (bicyclic) bond motifs is 1. The minimum Gasteiger partial charge on any atom is -0.355 e. The Morgan fingerprint density at radius 3 is 2.86 bits per heavy atom. The first-order valence-corrected chi connectivity index (χ1v) is 8.34. The Bertz CT molecular complexity index is 543. The fourth-order valence-corrected chi connectivity index (χ4v) is 3.33. The number of rotatable bonds is 5. The van der Waals surface area contributed by atoms with Crippen LogP contribution in [0, 0.1) is 0 Å². The molecule has 2 heterocycles. The minimum atomic E-state index is -0.236. The van der Waals surface area contributed by atoms with Gasteiger partial charge in [0.15, 0.2) is 5.13 Å². The molecule has 1 aliphatic heterocycles. The van der Waals surface area contributed by atoms with Crippen LogP contribution in [0.5, 0.6) is 0 Å². The van der Waals surface area contributed by atoms with Crippen molar-refractivity contribution in [1.29, 1.82) is 0 Å². The molecular weight excluding hydrogens is 302 g/mol. The predicted molar refractivity (Wildman–Crippen MR) is 87.1 cm³/mol. The van der Waals surface area contributed by atoms with Gasteiger partial charge in [-0.05, 0) is 20.8 Å². The van der Waals surface area contributed by atoms with Gasteiger partial charge in [-0.2, -0.15) is 0 Å². The maximum Gasteiger partial charge on any atom is 0.321 e. The lowest BCUT2D eigenvalue weighted by Crippen LogP contribution is -2.39. The fourth-order valence-electron chi connectivity index (χ4n) is 2.29. The number of carbonyl (C=O) groups is 2. The Hall–Kier alpha value is -1.67. The molecule has 0 aliphatic carbocycles. The Morgan fingerprint density at radius 1 is 1.41 bits per heavy atom. The summed E-state index contributed by atoms with van der Waals surface area (Å²) in [6.45, 7) is 8.30. The first-order valence-electron chi connectivity index (χ1n) is 7.53. The van der Waals surface area contributed by atoms with Crippen molar-refractivity contribution in [2.24, 2.45) is 0 Å². The molecule has 0 unspecified atom stereocenters.